The summed E-state index contributed by atoms with van der Waals surface area (Å²) in [5, 5.41) is 34.2. The first kappa shape index (κ1) is 26.8. The maximum absolute atomic E-state index is 14.5. The number of rotatable bonds is 5. The fourth-order valence-corrected chi connectivity index (χ4v) is 7.46. The number of allylic oxidation sites excluding steroid dienone is 2. The first-order valence-corrected chi connectivity index (χ1v) is 12.9. The van der Waals surface area contributed by atoms with E-state index in [0.717, 1.165) is 16.8 Å². The van der Waals surface area contributed by atoms with Crippen molar-refractivity contribution in [2.24, 2.45) is 41.5 Å². The number of aromatic nitrogens is 1. The molecule has 0 radical (unpaired) electrons. The third kappa shape index (κ3) is 3.57. The minimum atomic E-state index is -2.16. The first-order valence-electron chi connectivity index (χ1n) is 12.9. The van der Waals surface area contributed by atoms with E-state index in [-0.39, 0.29) is 34.5 Å². The highest BCUT2D eigenvalue weighted by Crippen LogP contribution is 2.70. The number of aliphatic hydroxyl groups excluding tert-OH is 2. The van der Waals surface area contributed by atoms with Crippen molar-refractivity contribution in [3.05, 3.63) is 46.3 Å². The average molecular weight is 500 g/mol. The molecule has 3 N–H and O–H groups in total. The van der Waals surface area contributed by atoms with Crippen molar-refractivity contribution in [3.63, 3.8) is 0 Å². The second-order valence-electron chi connectivity index (χ2n) is 12.3. The molecule has 2 saturated carbocycles. The molecule has 0 aromatic carbocycles. The van der Waals surface area contributed by atoms with Crippen molar-refractivity contribution in [2.75, 3.05) is 13.2 Å². The van der Waals surface area contributed by atoms with Gasteiger partial charge in [0.25, 0.3) is 0 Å². The molecule has 36 heavy (non-hydrogen) atoms. The summed E-state index contributed by atoms with van der Waals surface area (Å²) in [6.45, 7) is 12.6. The van der Waals surface area contributed by atoms with E-state index in [9.17, 15) is 24.9 Å². The molecule has 4 rings (SSSR count). The van der Waals surface area contributed by atoms with Gasteiger partial charge in [0.1, 0.15) is 24.0 Å². The summed E-state index contributed by atoms with van der Waals surface area (Å²) in [7, 11) is 1.76. The molecular weight excluding hydrogens is 458 g/mol. The number of ether oxygens (including phenoxy) is 1. The Hall–Kier alpha value is -2.22. The van der Waals surface area contributed by atoms with Crippen LogP contribution >= 0.6 is 0 Å². The predicted molar refractivity (Wildman–Crippen MR) is 136 cm³/mol. The lowest BCUT2D eigenvalue weighted by Gasteiger charge is -2.49. The van der Waals surface area contributed by atoms with Crippen LogP contribution in [-0.2, 0) is 16.6 Å². The third-order valence-corrected chi connectivity index (χ3v) is 9.51. The maximum atomic E-state index is 14.5. The normalized spacial score (nSPS) is 36.8. The molecule has 3 aliphatic carbocycles. The van der Waals surface area contributed by atoms with Crippen LogP contribution in [0.25, 0.3) is 0 Å². The summed E-state index contributed by atoms with van der Waals surface area (Å²) >= 11 is 0. The fourth-order valence-electron chi connectivity index (χ4n) is 7.46. The van der Waals surface area contributed by atoms with Crippen molar-refractivity contribution in [2.45, 2.75) is 66.6 Å². The molecule has 2 bridgehead atoms. The molecule has 0 saturated heterocycles. The molecule has 2 fully saturated rings. The van der Waals surface area contributed by atoms with E-state index < -0.39 is 42.2 Å². The molecular formula is C29H41NO6. The lowest BCUT2D eigenvalue weighted by atomic mass is 9.57. The van der Waals surface area contributed by atoms with E-state index in [1.165, 1.54) is 0 Å². The molecule has 1 aromatic heterocycles. The van der Waals surface area contributed by atoms with Crippen LogP contribution < -0.4 is 0 Å². The number of ketones is 1. The summed E-state index contributed by atoms with van der Waals surface area (Å²) in [6, 6.07) is 1.87. The molecule has 0 amide bonds. The zero-order valence-electron chi connectivity index (χ0n) is 22.8. The topological polar surface area (TPSA) is 109 Å². The molecule has 1 aromatic rings. The van der Waals surface area contributed by atoms with Crippen molar-refractivity contribution in [1.29, 1.82) is 0 Å². The fraction of sp³-hybridized carbons (Fsp3) is 0.655. The van der Waals surface area contributed by atoms with Crippen molar-refractivity contribution in [3.8, 4) is 0 Å². The number of esters is 1. The Bertz CT molecular complexity index is 1150. The van der Waals surface area contributed by atoms with E-state index >= 15 is 0 Å². The van der Waals surface area contributed by atoms with Gasteiger partial charge in [0.2, 0.25) is 0 Å². The van der Waals surface area contributed by atoms with Gasteiger partial charge in [-0.3, -0.25) is 4.79 Å². The largest absolute Gasteiger partial charge is 0.458 e. The molecule has 3 aliphatic rings. The minimum absolute atomic E-state index is 0.0510. The maximum Gasteiger partial charge on any atom is 0.355 e. The van der Waals surface area contributed by atoms with Crippen molar-refractivity contribution < 1.29 is 29.6 Å². The van der Waals surface area contributed by atoms with Crippen LogP contribution in [0.2, 0.25) is 0 Å². The molecule has 7 heteroatoms. The number of nitrogens with zero attached hydrogens (tertiary/aromatic N) is 1. The SMILES string of the molecule is CC(C)=CC12C(=O)C(C=C(CO)C(O)C1(O)COC(=O)c1c(C)cc(C)n1C)C1C(C[C@H]2C)C1(C)C. The lowest BCUT2D eigenvalue weighted by Crippen LogP contribution is -2.65. The summed E-state index contributed by atoms with van der Waals surface area (Å²) in [6.07, 6.45) is 2.56. The molecule has 1 heterocycles. The summed E-state index contributed by atoms with van der Waals surface area (Å²) in [5.41, 5.74) is -0.707. The molecule has 6 unspecified atom stereocenters. The Balaban J connectivity index is 1.85. The van der Waals surface area contributed by atoms with Gasteiger partial charge in [-0.1, -0.05) is 38.5 Å². The summed E-state index contributed by atoms with van der Waals surface area (Å²) in [4.78, 5) is 27.7. The van der Waals surface area contributed by atoms with Gasteiger partial charge in [-0.05, 0) is 74.5 Å². The average Bonchev–Trinajstić information content (AvgIpc) is 3.26. The zero-order chi connectivity index (χ0) is 27.0. The highest BCUT2D eigenvalue weighted by molar-refractivity contribution is 5.94. The Morgan fingerprint density at radius 2 is 1.92 bits per heavy atom. The summed E-state index contributed by atoms with van der Waals surface area (Å²) in [5.74, 6) is -1.35. The molecule has 7 nitrogen and oxygen atoms in total. The number of hydrogen-bond donors (Lipinski definition) is 3. The predicted octanol–water partition coefficient (Wildman–Crippen LogP) is 3.27. The van der Waals surface area contributed by atoms with Gasteiger partial charge >= 0.3 is 5.97 Å². The molecule has 198 valence electrons. The number of aryl methyl sites for hydroxylation is 2. The smallest absolute Gasteiger partial charge is 0.355 e. The third-order valence-electron chi connectivity index (χ3n) is 9.51. The first-order chi connectivity index (χ1) is 16.6. The van der Waals surface area contributed by atoms with Crippen LogP contribution in [0.3, 0.4) is 0 Å². The number of aliphatic hydroxyl groups is 3. The minimum Gasteiger partial charge on any atom is -0.458 e. The Morgan fingerprint density at radius 1 is 1.28 bits per heavy atom. The van der Waals surface area contributed by atoms with Gasteiger partial charge in [0.15, 0.2) is 5.78 Å². The van der Waals surface area contributed by atoms with Gasteiger partial charge in [-0.15, -0.1) is 0 Å². The lowest BCUT2D eigenvalue weighted by molar-refractivity contribution is -0.182. The van der Waals surface area contributed by atoms with E-state index in [0.29, 0.717) is 12.1 Å². The second-order valence-corrected chi connectivity index (χ2v) is 12.3. The number of fused-ring (bicyclic) bond motifs is 4. The van der Waals surface area contributed by atoms with Gasteiger partial charge in [0, 0.05) is 18.7 Å². The van der Waals surface area contributed by atoms with Crippen LogP contribution in [0, 0.1) is 48.3 Å². The standard InChI is InChI=1S/C29H41NO6/c1-15(2)12-28-17(4)10-21-22(27(21,6)7)20(25(28)33)11-19(13-31)24(32)29(28,35)14-36-26(34)23-16(3)9-18(5)30(23)8/h9,11-12,17,20-22,24,31-32,35H,10,13-14H2,1-8H3/t17-,20?,21?,22?,24?,28?,29?/m1/s1. The number of Topliss-reactive ketones (excluding diaryl/α,β-unsaturated/α-hetero) is 1. The second kappa shape index (κ2) is 8.67. The zero-order valence-corrected chi connectivity index (χ0v) is 22.8. The van der Waals surface area contributed by atoms with Crippen LogP contribution in [-0.4, -0.2) is 56.6 Å². The van der Waals surface area contributed by atoms with Crippen molar-refractivity contribution in [1.82, 2.24) is 4.57 Å². The Labute approximate surface area is 213 Å². The van der Waals surface area contributed by atoms with E-state index in [4.69, 9.17) is 4.74 Å². The highest BCUT2D eigenvalue weighted by Gasteiger charge is 2.72. The summed E-state index contributed by atoms with van der Waals surface area (Å²) < 4.78 is 7.44. The van der Waals surface area contributed by atoms with Crippen LogP contribution in [0.4, 0.5) is 0 Å². The Morgan fingerprint density at radius 3 is 2.44 bits per heavy atom. The van der Waals surface area contributed by atoms with Gasteiger partial charge in [-0.2, -0.15) is 0 Å². The quantitative estimate of drug-likeness (QED) is 0.424. The Kier molecular flexibility index (Phi) is 6.47. The number of carbonyl (C=O) groups excluding carboxylic acids is 2. The van der Waals surface area contributed by atoms with E-state index in [1.54, 1.807) is 23.8 Å². The van der Waals surface area contributed by atoms with Gasteiger partial charge in [0.05, 0.1) is 12.0 Å². The molecule has 7 atom stereocenters. The van der Waals surface area contributed by atoms with Crippen LogP contribution in [0.1, 0.15) is 62.8 Å². The van der Waals surface area contributed by atoms with Crippen molar-refractivity contribution >= 4 is 11.8 Å². The van der Waals surface area contributed by atoms with Crippen LogP contribution in [0.5, 0.6) is 0 Å². The number of carbonyl (C=O) groups is 2. The highest BCUT2D eigenvalue weighted by atomic mass is 16.5. The van der Waals surface area contributed by atoms with Gasteiger partial charge in [-0.25, -0.2) is 4.79 Å². The van der Waals surface area contributed by atoms with E-state index in [2.05, 4.69) is 13.8 Å². The molecule has 0 spiro atoms. The van der Waals surface area contributed by atoms with Gasteiger partial charge < -0.3 is 24.6 Å². The number of hydrogen-bond acceptors (Lipinski definition) is 6. The molecule has 0 aliphatic heterocycles. The monoisotopic (exact) mass is 499 g/mol. The van der Waals surface area contributed by atoms with E-state index in [1.807, 2.05) is 40.7 Å². The van der Waals surface area contributed by atoms with Crippen LogP contribution in [0.15, 0.2) is 29.4 Å².